The second-order valence-corrected chi connectivity index (χ2v) is 11.5. The van der Waals surface area contributed by atoms with Gasteiger partial charge in [-0.05, 0) is 69.9 Å². The number of carbonyl (C=O) groups is 2. The fourth-order valence-electron chi connectivity index (χ4n) is 5.22. The number of likely N-dealkylation sites (tertiary alicyclic amines) is 1. The fourth-order valence-corrected chi connectivity index (χ4v) is 6.02. The number of carbonyl (C=O) groups excluding carboxylic acids is 2. The Morgan fingerprint density at radius 2 is 1.92 bits per heavy atom. The Morgan fingerprint density at radius 1 is 1.18 bits per heavy atom. The molecule has 39 heavy (non-hydrogen) atoms. The summed E-state index contributed by atoms with van der Waals surface area (Å²) in [4.78, 5) is 39.8. The van der Waals surface area contributed by atoms with Crippen molar-refractivity contribution in [3.05, 3.63) is 47.6 Å². The van der Waals surface area contributed by atoms with Crippen LogP contribution in [-0.4, -0.2) is 78.1 Å². The van der Waals surface area contributed by atoms with E-state index >= 15 is 0 Å². The molecule has 0 spiro atoms. The van der Waals surface area contributed by atoms with Gasteiger partial charge in [0.05, 0.1) is 47.0 Å². The summed E-state index contributed by atoms with van der Waals surface area (Å²) in [5, 5.41) is 4.77. The number of methoxy groups -OCH3 is 1. The van der Waals surface area contributed by atoms with Crippen LogP contribution in [0.1, 0.15) is 42.5 Å². The van der Waals surface area contributed by atoms with Gasteiger partial charge in [-0.15, -0.1) is 11.3 Å². The van der Waals surface area contributed by atoms with Crippen molar-refractivity contribution in [2.24, 2.45) is 5.92 Å². The molecule has 206 valence electrons. The topological polar surface area (TPSA) is 87.7 Å². The van der Waals surface area contributed by atoms with Crippen LogP contribution in [0.25, 0.3) is 21.8 Å². The van der Waals surface area contributed by atoms with E-state index in [9.17, 15) is 14.0 Å². The third-order valence-electron chi connectivity index (χ3n) is 7.71. The smallest absolute Gasteiger partial charge is 0.257 e. The lowest BCUT2D eigenvalue weighted by Gasteiger charge is -2.35. The number of hydrogen-bond donors (Lipinski definition) is 1. The molecule has 1 N–H and O–H groups in total. The number of halogens is 1. The molecular formula is C29H34FN5O3S. The molecule has 1 aliphatic carbocycles. The molecule has 3 heterocycles. The normalized spacial score (nSPS) is 19.8. The van der Waals surface area contributed by atoms with Crippen LogP contribution in [0.15, 0.2) is 42.0 Å². The minimum Gasteiger partial charge on any atom is -0.496 e. The maximum absolute atomic E-state index is 13.3. The SMILES string of the molecule is COc1cc(-c2cncc(-c3cc(NC(=O)CC4CC(F)C4)cs3)n2)ccc1C(=O)N(C)C1CCN(C)CC1. The van der Waals surface area contributed by atoms with Crippen LogP contribution in [0.5, 0.6) is 5.75 Å². The van der Waals surface area contributed by atoms with E-state index in [4.69, 9.17) is 9.72 Å². The number of benzene rings is 1. The van der Waals surface area contributed by atoms with Crippen LogP contribution >= 0.6 is 11.3 Å². The van der Waals surface area contributed by atoms with E-state index in [2.05, 4.69) is 22.2 Å². The van der Waals surface area contributed by atoms with Gasteiger partial charge in [-0.2, -0.15) is 0 Å². The first-order chi connectivity index (χ1) is 18.8. The molecule has 2 aromatic heterocycles. The molecule has 5 rings (SSSR count). The summed E-state index contributed by atoms with van der Waals surface area (Å²) in [5.41, 5.74) is 3.34. The van der Waals surface area contributed by atoms with E-state index in [1.54, 1.807) is 25.6 Å². The summed E-state index contributed by atoms with van der Waals surface area (Å²) in [7, 11) is 5.54. The van der Waals surface area contributed by atoms with Gasteiger partial charge in [-0.1, -0.05) is 6.07 Å². The second kappa shape index (κ2) is 11.8. The monoisotopic (exact) mass is 551 g/mol. The zero-order valence-corrected chi connectivity index (χ0v) is 23.3. The van der Waals surface area contributed by atoms with Crippen molar-refractivity contribution >= 4 is 28.8 Å². The summed E-state index contributed by atoms with van der Waals surface area (Å²) in [6.45, 7) is 1.96. The van der Waals surface area contributed by atoms with Gasteiger partial charge in [0.1, 0.15) is 11.9 Å². The number of ether oxygens (including phenoxy) is 1. The number of anilines is 1. The van der Waals surface area contributed by atoms with Gasteiger partial charge < -0.3 is 19.9 Å². The average molecular weight is 552 g/mol. The van der Waals surface area contributed by atoms with Crippen molar-refractivity contribution in [2.45, 2.75) is 44.3 Å². The van der Waals surface area contributed by atoms with Gasteiger partial charge in [0.15, 0.2) is 0 Å². The lowest BCUT2D eigenvalue weighted by molar-refractivity contribution is -0.118. The van der Waals surface area contributed by atoms with Crippen LogP contribution in [0, 0.1) is 5.92 Å². The molecule has 0 unspecified atom stereocenters. The predicted octanol–water partition coefficient (Wildman–Crippen LogP) is 5.12. The van der Waals surface area contributed by atoms with Gasteiger partial charge in [0.25, 0.3) is 5.91 Å². The highest BCUT2D eigenvalue weighted by Crippen LogP contribution is 2.34. The molecule has 1 aliphatic heterocycles. The lowest BCUT2D eigenvalue weighted by Crippen LogP contribution is -2.44. The van der Waals surface area contributed by atoms with E-state index in [1.165, 1.54) is 11.3 Å². The quantitative estimate of drug-likeness (QED) is 0.418. The largest absolute Gasteiger partial charge is 0.496 e. The van der Waals surface area contributed by atoms with Crippen LogP contribution in [0.2, 0.25) is 0 Å². The van der Waals surface area contributed by atoms with E-state index in [1.807, 2.05) is 35.5 Å². The van der Waals surface area contributed by atoms with Crippen molar-refractivity contribution in [2.75, 3.05) is 39.6 Å². The van der Waals surface area contributed by atoms with Crippen molar-refractivity contribution in [1.29, 1.82) is 0 Å². The van der Waals surface area contributed by atoms with Gasteiger partial charge in [0, 0.05) is 30.5 Å². The maximum Gasteiger partial charge on any atom is 0.257 e. The summed E-state index contributed by atoms with van der Waals surface area (Å²) < 4.78 is 18.7. The number of thiophene rings is 1. The first kappa shape index (κ1) is 27.2. The highest BCUT2D eigenvalue weighted by Gasteiger charge is 2.30. The highest BCUT2D eigenvalue weighted by atomic mass is 32.1. The number of nitrogens with zero attached hydrogens (tertiary/aromatic N) is 4. The zero-order valence-electron chi connectivity index (χ0n) is 22.5. The third kappa shape index (κ3) is 6.28. The van der Waals surface area contributed by atoms with Gasteiger partial charge in [0.2, 0.25) is 5.91 Å². The van der Waals surface area contributed by atoms with Crippen molar-refractivity contribution in [1.82, 2.24) is 19.8 Å². The molecule has 1 aromatic carbocycles. The molecule has 0 bridgehead atoms. The number of hydrogen-bond acceptors (Lipinski definition) is 7. The molecule has 1 saturated heterocycles. The molecule has 2 amide bonds. The molecule has 3 aromatic rings. The average Bonchev–Trinajstić information content (AvgIpc) is 3.40. The van der Waals surface area contributed by atoms with E-state index < -0.39 is 6.17 Å². The first-order valence-corrected chi connectivity index (χ1v) is 14.2. The summed E-state index contributed by atoms with van der Waals surface area (Å²) >= 11 is 1.46. The second-order valence-electron chi connectivity index (χ2n) is 10.5. The molecule has 0 atom stereocenters. The number of nitrogens with one attached hydrogen (secondary N) is 1. The van der Waals surface area contributed by atoms with Crippen LogP contribution < -0.4 is 10.1 Å². The van der Waals surface area contributed by atoms with E-state index in [-0.39, 0.29) is 23.8 Å². The number of aromatic nitrogens is 2. The third-order valence-corrected chi connectivity index (χ3v) is 8.66. The highest BCUT2D eigenvalue weighted by molar-refractivity contribution is 7.14. The standard InChI is InChI=1S/C29H34FN5O3S/c1-34-8-6-22(7-9-34)35(2)29(37)23-5-4-19(13-26(23)38-3)24-15-31-16-25(33-24)27-14-21(17-39-27)32-28(36)12-18-10-20(30)11-18/h4-5,13-18,20,22H,6-12H2,1-3H3,(H,32,36). The van der Waals surface area contributed by atoms with E-state index in [0.717, 1.165) is 36.4 Å². The maximum atomic E-state index is 13.3. The van der Waals surface area contributed by atoms with Gasteiger partial charge in [-0.25, -0.2) is 9.37 Å². The Labute approximate surface area is 232 Å². The Morgan fingerprint density at radius 3 is 2.64 bits per heavy atom. The number of alkyl halides is 1. The van der Waals surface area contributed by atoms with Crippen LogP contribution in [-0.2, 0) is 4.79 Å². The number of rotatable bonds is 8. The molecule has 2 fully saturated rings. The molecule has 10 heteroatoms. The van der Waals surface area contributed by atoms with Crippen molar-refractivity contribution in [3.63, 3.8) is 0 Å². The fraction of sp³-hybridized carbons (Fsp3) is 0.448. The van der Waals surface area contributed by atoms with Gasteiger partial charge in [-0.3, -0.25) is 14.6 Å². The minimum absolute atomic E-state index is 0.0530. The Hall–Kier alpha value is -3.37. The van der Waals surface area contributed by atoms with Crippen molar-refractivity contribution < 1.29 is 18.7 Å². The summed E-state index contributed by atoms with van der Waals surface area (Å²) in [6.07, 6.45) is 5.79. The van der Waals surface area contributed by atoms with Gasteiger partial charge >= 0.3 is 0 Å². The Bertz CT molecular complexity index is 1330. The summed E-state index contributed by atoms with van der Waals surface area (Å²) in [5.74, 6) is 0.479. The minimum atomic E-state index is -0.761. The molecule has 0 radical (unpaired) electrons. The number of piperidine rings is 1. The first-order valence-electron chi connectivity index (χ1n) is 13.3. The lowest BCUT2D eigenvalue weighted by atomic mass is 9.81. The molecule has 1 saturated carbocycles. The van der Waals surface area contributed by atoms with Crippen molar-refractivity contribution in [3.8, 4) is 27.6 Å². The molecule has 2 aliphatic rings. The van der Waals surface area contributed by atoms with Crippen LogP contribution in [0.3, 0.4) is 0 Å². The predicted molar refractivity (Wildman–Crippen MR) is 151 cm³/mol. The zero-order chi connectivity index (χ0) is 27.5. The Kier molecular flexibility index (Phi) is 8.23. The number of amides is 2. The summed E-state index contributed by atoms with van der Waals surface area (Å²) in [6, 6.07) is 7.57. The van der Waals surface area contributed by atoms with E-state index in [0.29, 0.717) is 47.7 Å². The van der Waals surface area contributed by atoms with Crippen LogP contribution in [0.4, 0.5) is 10.1 Å². The molecular weight excluding hydrogens is 517 g/mol. The molecule has 8 nitrogen and oxygen atoms in total. The Balaban J connectivity index is 1.29.